The molecule has 2 nitrogen and oxygen atoms in total. The van der Waals surface area contributed by atoms with E-state index in [-0.39, 0.29) is 0 Å². The number of nitrogens with one attached hydrogen (secondary N) is 1. The molecule has 0 amide bonds. The van der Waals surface area contributed by atoms with Crippen LogP contribution in [-0.2, 0) is 17.3 Å². The number of rotatable bonds is 6. The molecule has 0 saturated carbocycles. The third-order valence-electron chi connectivity index (χ3n) is 2.36. The summed E-state index contributed by atoms with van der Waals surface area (Å²) in [4.78, 5) is 0. The van der Waals surface area contributed by atoms with Gasteiger partial charge >= 0.3 is 0 Å². The molecule has 15 heavy (non-hydrogen) atoms. The zero-order valence-corrected chi connectivity index (χ0v) is 10.3. The molecule has 0 saturated heterocycles. The van der Waals surface area contributed by atoms with Crippen LogP contribution in [-0.4, -0.2) is 22.8 Å². The van der Waals surface area contributed by atoms with Crippen molar-refractivity contribution in [2.75, 3.05) is 18.6 Å². The third kappa shape index (κ3) is 5.09. The lowest BCUT2D eigenvalue weighted by molar-refractivity contribution is 0.661. The molecule has 0 aromatic heterocycles. The Bertz CT molecular complexity index is 325. The summed E-state index contributed by atoms with van der Waals surface area (Å²) in [7, 11) is -0.658. The smallest absolute Gasteiger partial charge is 0.0244 e. The molecule has 1 atom stereocenters. The summed E-state index contributed by atoms with van der Waals surface area (Å²) in [5, 5.41) is 3.36. The Morgan fingerprint density at radius 2 is 2.07 bits per heavy atom. The summed E-state index contributed by atoms with van der Waals surface area (Å²) in [6, 6.07) is 8.38. The van der Waals surface area contributed by atoms with Gasteiger partial charge in [0.1, 0.15) is 0 Å². The number of benzene rings is 1. The summed E-state index contributed by atoms with van der Waals surface area (Å²) >= 11 is 0. The van der Waals surface area contributed by atoms with E-state index < -0.39 is 10.8 Å². The molecule has 0 aliphatic heterocycles. The van der Waals surface area contributed by atoms with Crippen molar-refractivity contribution in [3.8, 4) is 0 Å². The molecule has 0 fully saturated rings. The van der Waals surface area contributed by atoms with E-state index in [9.17, 15) is 4.21 Å². The van der Waals surface area contributed by atoms with E-state index >= 15 is 0 Å². The highest BCUT2D eigenvalue weighted by atomic mass is 32.2. The van der Waals surface area contributed by atoms with Gasteiger partial charge in [0.25, 0.3) is 0 Å². The maximum absolute atomic E-state index is 10.8. The molecule has 0 aliphatic carbocycles. The van der Waals surface area contributed by atoms with E-state index in [1.807, 2.05) is 0 Å². The Kier molecular flexibility index (Phi) is 5.58. The van der Waals surface area contributed by atoms with Gasteiger partial charge in [0.15, 0.2) is 0 Å². The quantitative estimate of drug-likeness (QED) is 0.749. The van der Waals surface area contributed by atoms with Crippen LogP contribution >= 0.6 is 0 Å². The predicted octanol–water partition coefficient (Wildman–Crippen LogP) is 1.85. The molecule has 0 bridgehead atoms. The van der Waals surface area contributed by atoms with Crippen LogP contribution in [0.3, 0.4) is 0 Å². The number of aryl methyl sites for hydroxylation is 1. The monoisotopic (exact) mass is 225 g/mol. The van der Waals surface area contributed by atoms with E-state index in [0.29, 0.717) is 0 Å². The molecule has 0 spiro atoms. The van der Waals surface area contributed by atoms with E-state index in [1.165, 1.54) is 11.1 Å². The minimum atomic E-state index is -0.658. The van der Waals surface area contributed by atoms with Crippen LogP contribution in [0.2, 0.25) is 0 Å². The van der Waals surface area contributed by atoms with Crippen LogP contribution in [0.25, 0.3) is 0 Å². The molecule has 1 N–H and O–H groups in total. The van der Waals surface area contributed by atoms with E-state index in [0.717, 1.165) is 25.3 Å². The summed E-state index contributed by atoms with van der Waals surface area (Å²) in [5.74, 6) is 0.792. The summed E-state index contributed by atoms with van der Waals surface area (Å²) < 4.78 is 10.8. The van der Waals surface area contributed by atoms with Crippen molar-refractivity contribution in [3.63, 3.8) is 0 Å². The Labute approximate surface area is 94.5 Å². The van der Waals surface area contributed by atoms with Gasteiger partial charge in [-0.2, -0.15) is 0 Å². The minimum Gasteiger partial charge on any atom is -0.313 e. The second-order valence-corrected chi connectivity index (χ2v) is 5.29. The van der Waals surface area contributed by atoms with Crippen molar-refractivity contribution in [2.45, 2.75) is 19.9 Å². The van der Waals surface area contributed by atoms with Crippen molar-refractivity contribution in [1.29, 1.82) is 0 Å². The Morgan fingerprint density at radius 3 is 2.73 bits per heavy atom. The molecule has 0 radical (unpaired) electrons. The van der Waals surface area contributed by atoms with E-state index in [2.05, 4.69) is 36.5 Å². The Morgan fingerprint density at radius 1 is 1.33 bits per heavy atom. The van der Waals surface area contributed by atoms with Crippen molar-refractivity contribution in [1.82, 2.24) is 5.32 Å². The van der Waals surface area contributed by atoms with Crippen LogP contribution in [0.1, 0.15) is 17.5 Å². The molecule has 1 aromatic carbocycles. The maximum Gasteiger partial charge on any atom is 0.0244 e. The highest BCUT2D eigenvalue weighted by Gasteiger charge is 1.96. The fourth-order valence-corrected chi connectivity index (χ4v) is 1.98. The first-order chi connectivity index (χ1) is 7.20. The van der Waals surface area contributed by atoms with Crippen LogP contribution in [0.15, 0.2) is 24.3 Å². The van der Waals surface area contributed by atoms with Gasteiger partial charge in [0.2, 0.25) is 0 Å². The molecule has 3 heteroatoms. The van der Waals surface area contributed by atoms with E-state index in [4.69, 9.17) is 0 Å². The van der Waals surface area contributed by atoms with E-state index in [1.54, 1.807) is 6.26 Å². The zero-order valence-electron chi connectivity index (χ0n) is 9.45. The SMILES string of the molecule is Cc1ccccc1CNCCCS(C)=O. The fourth-order valence-electron chi connectivity index (χ4n) is 1.43. The van der Waals surface area contributed by atoms with Crippen LogP contribution in [0.4, 0.5) is 0 Å². The van der Waals surface area contributed by atoms with Gasteiger partial charge < -0.3 is 5.32 Å². The third-order valence-corrected chi connectivity index (χ3v) is 3.23. The highest BCUT2D eigenvalue weighted by Crippen LogP contribution is 2.05. The molecule has 0 aliphatic rings. The molecular weight excluding hydrogens is 206 g/mol. The summed E-state index contributed by atoms with van der Waals surface area (Å²) in [6.07, 6.45) is 2.73. The van der Waals surface area contributed by atoms with Gasteiger partial charge in [-0.25, -0.2) is 0 Å². The van der Waals surface area contributed by atoms with Crippen LogP contribution in [0, 0.1) is 6.92 Å². The molecular formula is C12H19NOS. The zero-order chi connectivity index (χ0) is 11.1. The largest absolute Gasteiger partial charge is 0.313 e. The average Bonchev–Trinajstić information content (AvgIpc) is 2.20. The fraction of sp³-hybridized carbons (Fsp3) is 0.500. The van der Waals surface area contributed by atoms with Crippen LogP contribution in [0.5, 0.6) is 0 Å². The first-order valence-electron chi connectivity index (χ1n) is 5.25. The average molecular weight is 225 g/mol. The van der Waals surface area contributed by atoms with Gasteiger partial charge in [-0.15, -0.1) is 0 Å². The van der Waals surface area contributed by atoms with Gasteiger partial charge in [0.05, 0.1) is 0 Å². The van der Waals surface area contributed by atoms with Gasteiger partial charge in [-0.1, -0.05) is 24.3 Å². The molecule has 0 heterocycles. The first-order valence-corrected chi connectivity index (χ1v) is 6.98. The van der Waals surface area contributed by atoms with Gasteiger partial charge in [-0.3, -0.25) is 4.21 Å². The molecule has 1 aromatic rings. The Balaban J connectivity index is 2.21. The summed E-state index contributed by atoms with van der Waals surface area (Å²) in [6.45, 7) is 3.97. The number of hydrogen-bond donors (Lipinski definition) is 1. The minimum absolute atomic E-state index is 0.658. The highest BCUT2D eigenvalue weighted by molar-refractivity contribution is 7.84. The number of hydrogen-bond acceptors (Lipinski definition) is 2. The van der Waals surface area contributed by atoms with Crippen LogP contribution < -0.4 is 5.32 Å². The lowest BCUT2D eigenvalue weighted by atomic mass is 10.1. The standard InChI is InChI=1S/C12H19NOS/c1-11-6-3-4-7-12(11)10-13-8-5-9-15(2)14/h3-4,6-7,13H,5,8-10H2,1-2H3. The molecule has 1 rings (SSSR count). The molecule has 1 unspecified atom stereocenters. The maximum atomic E-state index is 10.8. The lowest BCUT2D eigenvalue weighted by Crippen LogP contribution is -2.17. The van der Waals surface area contributed by atoms with Crippen molar-refractivity contribution in [2.24, 2.45) is 0 Å². The topological polar surface area (TPSA) is 29.1 Å². The second-order valence-electron chi connectivity index (χ2n) is 3.73. The lowest BCUT2D eigenvalue weighted by Gasteiger charge is -2.06. The summed E-state index contributed by atoms with van der Waals surface area (Å²) in [5.41, 5.74) is 2.67. The predicted molar refractivity (Wildman–Crippen MR) is 66.4 cm³/mol. The normalized spacial score (nSPS) is 12.7. The van der Waals surface area contributed by atoms with Gasteiger partial charge in [0, 0.05) is 29.4 Å². The van der Waals surface area contributed by atoms with Crippen molar-refractivity contribution < 1.29 is 4.21 Å². The van der Waals surface area contributed by atoms with Crippen molar-refractivity contribution >= 4 is 10.8 Å². The second kappa shape index (κ2) is 6.75. The van der Waals surface area contributed by atoms with Gasteiger partial charge in [-0.05, 0) is 31.0 Å². The molecule has 84 valence electrons. The van der Waals surface area contributed by atoms with Crippen molar-refractivity contribution in [3.05, 3.63) is 35.4 Å². The first kappa shape index (κ1) is 12.4. The Hall–Kier alpha value is -0.670.